The van der Waals surface area contributed by atoms with Crippen LogP contribution in [0.1, 0.15) is 22.9 Å². The van der Waals surface area contributed by atoms with Crippen LogP contribution >= 0.6 is 0 Å². The molecule has 3 aromatic carbocycles. The number of benzene rings is 3. The zero-order chi connectivity index (χ0) is 27.7. The van der Waals surface area contributed by atoms with Crippen LogP contribution in [0.3, 0.4) is 0 Å². The standard InChI is InChI=1S/C30H28N4O6/c1-38-22-14-12-21(13-15-22)30(19-8-4-2-5-9-19,20-10-6-3-7-11-20)39-16-23-25(35)26(36)29(40-23)34-18-33-24-27(34)31-17-32-28(24)37/h2-15,17-18,23,25-26,29,35-36H,16H2,1H3,(H,31,32,37)/t23-,25-,26-,29-/m1/s1. The molecule has 0 amide bonds. The Kier molecular flexibility index (Phi) is 6.91. The van der Waals surface area contributed by atoms with Gasteiger partial charge in [-0.15, -0.1) is 0 Å². The van der Waals surface area contributed by atoms with E-state index in [2.05, 4.69) is 15.0 Å². The topological polar surface area (TPSA) is 132 Å². The van der Waals surface area contributed by atoms with Crippen molar-refractivity contribution in [1.82, 2.24) is 19.5 Å². The van der Waals surface area contributed by atoms with Crippen LogP contribution in [-0.4, -0.2) is 61.8 Å². The van der Waals surface area contributed by atoms with Crippen LogP contribution in [0.15, 0.2) is 102 Å². The fraction of sp³-hybridized carbons (Fsp3) is 0.233. The van der Waals surface area contributed by atoms with Crippen molar-refractivity contribution in [1.29, 1.82) is 0 Å². The zero-order valence-corrected chi connectivity index (χ0v) is 21.6. The molecule has 10 nitrogen and oxygen atoms in total. The van der Waals surface area contributed by atoms with Gasteiger partial charge in [-0.25, -0.2) is 9.97 Å². The number of hydrogen-bond acceptors (Lipinski definition) is 8. The summed E-state index contributed by atoms with van der Waals surface area (Å²) >= 11 is 0. The first-order chi connectivity index (χ1) is 19.5. The molecule has 0 aliphatic carbocycles. The SMILES string of the molecule is COc1ccc(C(OC[C@H]2O[C@@H](n3cnc4c(=O)[nH]cnc43)[C@H](O)[C@@H]2O)(c2ccccc2)c2ccccc2)cc1. The summed E-state index contributed by atoms with van der Waals surface area (Å²) in [6.45, 7) is -0.0643. The molecule has 2 aromatic heterocycles. The first kappa shape index (κ1) is 25.9. The minimum atomic E-state index is -1.31. The number of fused-ring (bicyclic) bond motifs is 1. The molecule has 40 heavy (non-hydrogen) atoms. The molecule has 5 aromatic rings. The zero-order valence-electron chi connectivity index (χ0n) is 21.6. The summed E-state index contributed by atoms with van der Waals surface area (Å²) in [4.78, 5) is 22.9. The average Bonchev–Trinajstić information content (AvgIpc) is 3.56. The molecule has 1 aliphatic heterocycles. The first-order valence-corrected chi connectivity index (χ1v) is 12.8. The van der Waals surface area contributed by atoms with Gasteiger partial charge in [0.15, 0.2) is 17.4 Å². The maximum atomic E-state index is 12.1. The summed E-state index contributed by atoms with van der Waals surface area (Å²) in [7, 11) is 1.61. The van der Waals surface area contributed by atoms with Crippen molar-refractivity contribution in [2.24, 2.45) is 0 Å². The fourth-order valence-electron chi connectivity index (χ4n) is 5.27. The molecule has 10 heteroatoms. The number of hydrogen-bond donors (Lipinski definition) is 3. The Morgan fingerprint density at radius 3 is 2.15 bits per heavy atom. The van der Waals surface area contributed by atoms with Crippen LogP contribution < -0.4 is 10.3 Å². The molecule has 0 bridgehead atoms. The maximum Gasteiger partial charge on any atom is 0.278 e. The summed E-state index contributed by atoms with van der Waals surface area (Å²) < 4.78 is 19.8. The van der Waals surface area contributed by atoms with Crippen molar-refractivity contribution >= 4 is 11.2 Å². The minimum Gasteiger partial charge on any atom is -0.497 e. The number of ether oxygens (including phenoxy) is 3. The molecule has 0 saturated carbocycles. The Morgan fingerprint density at radius 2 is 1.52 bits per heavy atom. The lowest BCUT2D eigenvalue weighted by molar-refractivity contribution is -0.0942. The van der Waals surface area contributed by atoms with E-state index in [-0.39, 0.29) is 17.8 Å². The number of H-pyrrole nitrogens is 1. The predicted molar refractivity (Wildman–Crippen MR) is 146 cm³/mol. The maximum absolute atomic E-state index is 12.1. The Balaban J connectivity index is 1.38. The van der Waals surface area contributed by atoms with Crippen molar-refractivity contribution < 1.29 is 24.4 Å². The van der Waals surface area contributed by atoms with E-state index in [1.807, 2.05) is 84.9 Å². The monoisotopic (exact) mass is 540 g/mol. The van der Waals surface area contributed by atoms with Crippen LogP contribution in [0.25, 0.3) is 11.2 Å². The van der Waals surface area contributed by atoms with E-state index in [0.717, 1.165) is 16.7 Å². The van der Waals surface area contributed by atoms with Crippen LogP contribution in [0.2, 0.25) is 0 Å². The lowest BCUT2D eigenvalue weighted by Crippen LogP contribution is -2.39. The second-order valence-electron chi connectivity index (χ2n) is 9.55. The van der Waals surface area contributed by atoms with Crippen molar-refractivity contribution in [2.75, 3.05) is 13.7 Å². The summed E-state index contributed by atoms with van der Waals surface area (Å²) in [5, 5.41) is 22.0. The molecule has 1 aliphatic rings. The minimum absolute atomic E-state index is 0.0643. The number of nitrogens with zero attached hydrogens (tertiary/aromatic N) is 3. The van der Waals surface area contributed by atoms with Gasteiger partial charge in [0.05, 0.1) is 26.4 Å². The van der Waals surface area contributed by atoms with Crippen molar-refractivity contribution in [3.05, 3.63) is 125 Å². The van der Waals surface area contributed by atoms with E-state index in [1.165, 1.54) is 17.2 Å². The largest absolute Gasteiger partial charge is 0.497 e. The molecule has 204 valence electrons. The number of aromatic amines is 1. The molecular weight excluding hydrogens is 512 g/mol. The van der Waals surface area contributed by atoms with Gasteiger partial charge in [0, 0.05) is 0 Å². The highest BCUT2D eigenvalue weighted by Gasteiger charge is 2.46. The number of imidazole rings is 1. The average molecular weight is 541 g/mol. The molecule has 1 saturated heterocycles. The quantitative estimate of drug-likeness (QED) is 0.256. The van der Waals surface area contributed by atoms with Crippen LogP contribution in [-0.2, 0) is 15.1 Å². The van der Waals surface area contributed by atoms with E-state index < -0.39 is 35.7 Å². The van der Waals surface area contributed by atoms with Gasteiger partial charge in [0.25, 0.3) is 5.56 Å². The number of aliphatic hydroxyl groups excluding tert-OH is 2. The van der Waals surface area contributed by atoms with Crippen molar-refractivity contribution in [3.63, 3.8) is 0 Å². The Bertz CT molecular complexity index is 1600. The highest BCUT2D eigenvalue weighted by atomic mass is 16.6. The van der Waals surface area contributed by atoms with Gasteiger partial charge in [-0.1, -0.05) is 72.8 Å². The number of nitrogens with one attached hydrogen (secondary N) is 1. The Labute approximate surface area is 229 Å². The van der Waals surface area contributed by atoms with Gasteiger partial charge in [0.2, 0.25) is 0 Å². The van der Waals surface area contributed by atoms with Crippen LogP contribution in [0.4, 0.5) is 0 Å². The lowest BCUT2D eigenvalue weighted by Gasteiger charge is -2.37. The molecular formula is C30H28N4O6. The van der Waals surface area contributed by atoms with Crippen LogP contribution in [0, 0.1) is 0 Å². The van der Waals surface area contributed by atoms with E-state index in [9.17, 15) is 15.0 Å². The van der Waals surface area contributed by atoms with E-state index >= 15 is 0 Å². The molecule has 0 radical (unpaired) electrons. The molecule has 3 N–H and O–H groups in total. The van der Waals surface area contributed by atoms with Gasteiger partial charge >= 0.3 is 0 Å². The normalized spacial score (nSPS) is 21.1. The number of rotatable bonds is 8. The smallest absolute Gasteiger partial charge is 0.278 e. The van der Waals surface area contributed by atoms with E-state index in [1.54, 1.807) is 7.11 Å². The second-order valence-corrected chi connectivity index (χ2v) is 9.55. The van der Waals surface area contributed by atoms with Crippen molar-refractivity contribution in [2.45, 2.75) is 30.1 Å². The molecule has 0 unspecified atom stereocenters. The van der Waals surface area contributed by atoms with Gasteiger partial charge in [-0.05, 0) is 28.8 Å². The summed E-state index contributed by atoms with van der Waals surface area (Å²) in [5.41, 5.74) is 1.46. The van der Waals surface area contributed by atoms with Gasteiger partial charge in [-0.2, -0.15) is 0 Å². The van der Waals surface area contributed by atoms with Gasteiger partial charge in [0.1, 0.15) is 29.7 Å². The van der Waals surface area contributed by atoms with Gasteiger partial charge in [-0.3, -0.25) is 9.36 Å². The molecule has 4 atom stereocenters. The van der Waals surface area contributed by atoms with Crippen LogP contribution in [0.5, 0.6) is 5.75 Å². The molecule has 1 fully saturated rings. The van der Waals surface area contributed by atoms with E-state index in [0.29, 0.717) is 5.75 Å². The predicted octanol–water partition coefficient (Wildman–Crippen LogP) is 2.76. The summed E-state index contributed by atoms with van der Waals surface area (Å²) in [5.74, 6) is 0.708. The molecule has 0 spiro atoms. The fourth-order valence-corrected chi connectivity index (χ4v) is 5.27. The van der Waals surface area contributed by atoms with Gasteiger partial charge < -0.3 is 29.4 Å². The highest BCUT2D eigenvalue weighted by molar-refractivity contribution is 5.68. The van der Waals surface area contributed by atoms with Crippen molar-refractivity contribution in [3.8, 4) is 5.75 Å². The Hall–Kier alpha value is -4.35. The summed E-state index contributed by atoms with van der Waals surface area (Å²) in [6.07, 6.45) is -1.88. The Morgan fingerprint density at radius 1 is 0.900 bits per heavy atom. The third-order valence-corrected chi connectivity index (χ3v) is 7.30. The third kappa shape index (κ3) is 4.37. The number of aliphatic hydroxyl groups is 2. The second kappa shape index (κ2) is 10.7. The first-order valence-electron chi connectivity index (χ1n) is 12.8. The third-order valence-electron chi connectivity index (χ3n) is 7.30. The highest BCUT2D eigenvalue weighted by Crippen LogP contribution is 2.42. The summed E-state index contributed by atoms with van der Waals surface area (Å²) in [6, 6.07) is 27.2. The number of aromatic nitrogens is 4. The molecule has 3 heterocycles. The molecule has 6 rings (SSSR count). The number of methoxy groups -OCH3 is 1. The van der Waals surface area contributed by atoms with E-state index in [4.69, 9.17) is 14.2 Å². The lowest BCUT2D eigenvalue weighted by atomic mass is 9.80.